The Morgan fingerprint density at radius 3 is 2.06 bits per heavy atom. The van der Waals surface area contributed by atoms with Crippen LogP contribution < -0.4 is 16.8 Å². The Bertz CT molecular complexity index is 412. The number of amides is 1. The number of hydrogen-bond acceptors (Lipinski definition) is 4. The summed E-state index contributed by atoms with van der Waals surface area (Å²) in [5.41, 5.74) is 11.0. The van der Waals surface area contributed by atoms with Gasteiger partial charge in [-0.15, -0.1) is 0 Å². The first-order valence-electron chi connectivity index (χ1n) is 6.01. The molecule has 0 aromatic carbocycles. The molecule has 0 heterocycles. The minimum Gasteiger partial charge on any atom is -0.404 e. The van der Waals surface area contributed by atoms with Crippen molar-refractivity contribution in [2.75, 3.05) is 0 Å². The summed E-state index contributed by atoms with van der Waals surface area (Å²) in [7, 11) is 0. The smallest absolute Gasteiger partial charge is 0.229 e. The first-order chi connectivity index (χ1) is 8.31. The normalized spacial score (nSPS) is 17.5. The van der Waals surface area contributed by atoms with Crippen LogP contribution in [0.25, 0.3) is 0 Å². The van der Waals surface area contributed by atoms with Crippen molar-refractivity contribution in [2.24, 2.45) is 22.8 Å². The Kier molecular flexibility index (Phi) is 4.16. The van der Waals surface area contributed by atoms with E-state index in [1.807, 2.05) is 0 Å². The Hall–Kier alpha value is -1.78. The number of carbonyl (C=O) groups is 2. The third kappa shape index (κ3) is 3.35. The van der Waals surface area contributed by atoms with Crippen LogP contribution in [0.5, 0.6) is 0 Å². The zero-order chi connectivity index (χ0) is 13.9. The molecule has 5 N–H and O–H groups in total. The van der Waals surface area contributed by atoms with Gasteiger partial charge in [-0.1, -0.05) is 20.8 Å². The Morgan fingerprint density at radius 1 is 1.17 bits per heavy atom. The lowest BCUT2D eigenvalue weighted by atomic mass is 9.95. The number of Topliss-reactive ketones (excluding diaryl/α,β-unsaturated/α-hetero) is 1. The highest BCUT2D eigenvalue weighted by atomic mass is 16.2. The summed E-state index contributed by atoms with van der Waals surface area (Å²) < 4.78 is 0. The molecule has 1 rings (SSSR count). The van der Waals surface area contributed by atoms with Crippen LogP contribution in [0.1, 0.15) is 33.6 Å². The molecule has 5 nitrogen and oxygen atoms in total. The minimum atomic E-state index is -0.559. The van der Waals surface area contributed by atoms with E-state index in [4.69, 9.17) is 11.5 Å². The van der Waals surface area contributed by atoms with Crippen molar-refractivity contribution in [3.8, 4) is 0 Å². The molecule has 0 aromatic rings. The second kappa shape index (κ2) is 5.25. The molecular formula is C13H21N3O2. The maximum absolute atomic E-state index is 12.0. The number of allylic oxidation sites excluding steroid dienone is 1. The van der Waals surface area contributed by atoms with Crippen molar-refractivity contribution in [3.05, 3.63) is 23.7 Å². The molecule has 0 aliphatic heterocycles. The largest absolute Gasteiger partial charge is 0.404 e. The third-order valence-electron chi connectivity index (χ3n) is 2.77. The molecule has 1 aliphatic carbocycles. The van der Waals surface area contributed by atoms with Gasteiger partial charge in [0.15, 0.2) is 5.78 Å². The lowest BCUT2D eigenvalue weighted by Gasteiger charge is -2.20. The summed E-state index contributed by atoms with van der Waals surface area (Å²) in [6.07, 6.45) is 4.17. The van der Waals surface area contributed by atoms with E-state index in [2.05, 4.69) is 5.32 Å². The predicted octanol–water partition coefficient (Wildman–Crippen LogP) is 0.770. The van der Waals surface area contributed by atoms with Crippen molar-refractivity contribution in [2.45, 2.75) is 33.6 Å². The van der Waals surface area contributed by atoms with Gasteiger partial charge in [0.25, 0.3) is 0 Å². The van der Waals surface area contributed by atoms with Gasteiger partial charge >= 0.3 is 0 Å². The zero-order valence-electron chi connectivity index (χ0n) is 11.1. The molecule has 5 heteroatoms. The van der Waals surface area contributed by atoms with Crippen molar-refractivity contribution in [1.29, 1.82) is 0 Å². The van der Waals surface area contributed by atoms with Crippen LogP contribution in [-0.2, 0) is 9.59 Å². The average molecular weight is 251 g/mol. The van der Waals surface area contributed by atoms with E-state index in [9.17, 15) is 9.59 Å². The summed E-state index contributed by atoms with van der Waals surface area (Å²) in [5, 5.41) is 2.65. The molecule has 0 radical (unpaired) electrons. The SMILES string of the molecule is CC(C)(C)C(=O)NC(=C/N)/C(=C\N)C(=O)C1CC1. The van der Waals surface area contributed by atoms with Gasteiger partial charge in [0.1, 0.15) is 0 Å². The highest BCUT2D eigenvalue weighted by molar-refractivity contribution is 6.03. The Morgan fingerprint density at radius 2 is 1.72 bits per heavy atom. The molecule has 100 valence electrons. The van der Waals surface area contributed by atoms with Crippen molar-refractivity contribution in [3.63, 3.8) is 0 Å². The summed E-state index contributed by atoms with van der Waals surface area (Å²) in [6.45, 7) is 5.35. The number of nitrogens with one attached hydrogen (secondary N) is 1. The van der Waals surface area contributed by atoms with Gasteiger partial charge in [0.05, 0.1) is 11.3 Å². The fourth-order valence-corrected chi connectivity index (χ4v) is 1.38. The lowest BCUT2D eigenvalue weighted by molar-refractivity contribution is -0.127. The maximum atomic E-state index is 12.0. The first kappa shape index (κ1) is 14.3. The molecule has 18 heavy (non-hydrogen) atoms. The van der Waals surface area contributed by atoms with E-state index in [-0.39, 0.29) is 28.9 Å². The molecule has 0 bridgehead atoms. The number of rotatable bonds is 4. The predicted molar refractivity (Wildman–Crippen MR) is 69.9 cm³/mol. The zero-order valence-corrected chi connectivity index (χ0v) is 11.1. The third-order valence-corrected chi connectivity index (χ3v) is 2.77. The van der Waals surface area contributed by atoms with Gasteiger partial charge in [-0.25, -0.2) is 0 Å². The standard InChI is InChI=1S/C13H21N3O2/c1-13(2,3)12(18)16-10(7-15)9(6-14)11(17)8-4-5-8/h6-8H,4-5,14-15H2,1-3H3,(H,16,18)/b9-6+,10-7+. The molecule has 0 aromatic heterocycles. The number of carbonyl (C=O) groups excluding carboxylic acids is 2. The van der Waals surface area contributed by atoms with Crippen LogP contribution in [0.15, 0.2) is 23.7 Å². The second-order valence-electron chi connectivity index (χ2n) is 5.50. The molecule has 0 spiro atoms. The minimum absolute atomic E-state index is 0.0290. The van der Waals surface area contributed by atoms with Gasteiger partial charge in [-0.05, 0) is 12.8 Å². The van der Waals surface area contributed by atoms with E-state index < -0.39 is 5.41 Å². The summed E-state index contributed by atoms with van der Waals surface area (Å²) in [6, 6.07) is 0. The van der Waals surface area contributed by atoms with Crippen LogP contribution in [-0.4, -0.2) is 11.7 Å². The molecule has 1 aliphatic rings. The topological polar surface area (TPSA) is 98.2 Å². The number of hydrogen-bond donors (Lipinski definition) is 3. The Labute approximate surface area is 107 Å². The number of ketones is 1. The van der Waals surface area contributed by atoms with Crippen LogP contribution in [0, 0.1) is 11.3 Å². The van der Waals surface area contributed by atoms with Gasteiger partial charge in [-0.3, -0.25) is 9.59 Å². The van der Waals surface area contributed by atoms with Crippen LogP contribution in [0.3, 0.4) is 0 Å². The molecule has 1 saturated carbocycles. The van der Waals surface area contributed by atoms with Crippen molar-refractivity contribution in [1.82, 2.24) is 5.32 Å². The molecular weight excluding hydrogens is 230 g/mol. The quantitative estimate of drug-likeness (QED) is 0.507. The maximum Gasteiger partial charge on any atom is 0.229 e. The molecule has 0 atom stereocenters. The Balaban J connectivity index is 2.83. The molecule has 1 amide bonds. The number of nitrogens with two attached hydrogens (primary N) is 2. The van der Waals surface area contributed by atoms with E-state index >= 15 is 0 Å². The van der Waals surface area contributed by atoms with Crippen molar-refractivity contribution >= 4 is 11.7 Å². The van der Waals surface area contributed by atoms with E-state index in [1.165, 1.54) is 12.4 Å². The fraction of sp³-hybridized carbons (Fsp3) is 0.538. The molecule has 0 saturated heterocycles. The summed E-state index contributed by atoms with van der Waals surface area (Å²) in [5.74, 6) is -0.230. The monoisotopic (exact) mass is 251 g/mol. The van der Waals surface area contributed by atoms with Crippen LogP contribution >= 0.6 is 0 Å². The van der Waals surface area contributed by atoms with Crippen LogP contribution in [0.2, 0.25) is 0 Å². The summed E-state index contributed by atoms with van der Waals surface area (Å²) >= 11 is 0. The highest BCUT2D eigenvalue weighted by Crippen LogP contribution is 2.33. The lowest BCUT2D eigenvalue weighted by Crippen LogP contribution is -2.36. The summed E-state index contributed by atoms with van der Waals surface area (Å²) in [4.78, 5) is 23.8. The van der Waals surface area contributed by atoms with Crippen LogP contribution in [0.4, 0.5) is 0 Å². The second-order valence-corrected chi connectivity index (χ2v) is 5.50. The van der Waals surface area contributed by atoms with E-state index in [0.717, 1.165) is 12.8 Å². The molecule has 0 unspecified atom stereocenters. The molecule has 1 fully saturated rings. The fourth-order valence-electron chi connectivity index (χ4n) is 1.38. The van der Waals surface area contributed by atoms with Gasteiger partial charge in [-0.2, -0.15) is 0 Å². The first-order valence-corrected chi connectivity index (χ1v) is 6.01. The average Bonchev–Trinajstić information content (AvgIpc) is 3.10. The van der Waals surface area contributed by atoms with E-state index in [1.54, 1.807) is 20.8 Å². The highest BCUT2D eigenvalue weighted by Gasteiger charge is 2.33. The van der Waals surface area contributed by atoms with E-state index in [0.29, 0.717) is 0 Å². The van der Waals surface area contributed by atoms with Gasteiger partial charge in [0, 0.05) is 23.7 Å². The van der Waals surface area contributed by atoms with Crippen molar-refractivity contribution < 1.29 is 9.59 Å². The van der Waals surface area contributed by atoms with Gasteiger partial charge in [0.2, 0.25) is 5.91 Å². The van der Waals surface area contributed by atoms with Gasteiger partial charge < -0.3 is 16.8 Å².